The molecule has 0 aromatic rings. The number of morpholine rings is 1. The molecule has 1 rings (SSSR count). The quantitative estimate of drug-likeness (QED) is 0.618. The molecule has 0 unspecified atom stereocenters. The summed E-state index contributed by atoms with van der Waals surface area (Å²) in [5.41, 5.74) is 0. The molecule has 1 aliphatic rings. The normalized spacial score (nSPS) is 22.6. The maximum absolute atomic E-state index is 11.5. The van der Waals surface area contributed by atoms with Gasteiger partial charge in [-0.1, -0.05) is 0 Å². The van der Waals surface area contributed by atoms with Crippen molar-refractivity contribution in [3.63, 3.8) is 0 Å². The molecule has 0 aromatic carbocycles. The Kier molecular flexibility index (Phi) is 6.51. The summed E-state index contributed by atoms with van der Waals surface area (Å²) in [6, 6.07) is 0. The fraction of sp³-hybridized carbons (Fsp3) is 1.00. The topological polar surface area (TPSA) is 61.9 Å². The minimum absolute atomic E-state index is 0.193. The Labute approximate surface area is 110 Å². The van der Waals surface area contributed by atoms with E-state index < -0.39 is 10.0 Å². The van der Waals surface area contributed by atoms with Crippen LogP contribution in [0.4, 0.5) is 0 Å². The monoisotopic (exact) mass is 279 g/mol. The maximum atomic E-state index is 11.5. The van der Waals surface area contributed by atoms with Gasteiger partial charge in [-0.2, -0.15) is 0 Å². The molecule has 1 atom stereocenters. The van der Waals surface area contributed by atoms with Crippen LogP contribution in [0.15, 0.2) is 0 Å². The number of ether oxygens (including phenoxy) is 1. The first-order valence-corrected chi connectivity index (χ1v) is 7.94. The van der Waals surface area contributed by atoms with E-state index >= 15 is 0 Å². The molecule has 108 valence electrons. The lowest BCUT2D eigenvalue weighted by molar-refractivity contribution is -0.0179. The van der Waals surface area contributed by atoms with Crippen LogP contribution in [0, 0.1) is 0 Å². The van der Waals surface area contributed by atoms with Gasteiger partial charge in [0.15, 0.2) is 0 Å². The number of hydrogen-bond acceptors (Lipinski definition) is 5. The van der Waals surface area contributed by atoms with E-state index in [2.05, 4.69) is 17.3 Å². The molecule has 0 aromatic heterocycles. The average molecular weight is 279 g/mol. The number of hydrogen-bond donors (Lipinski definition) is 1. The number of likely N-dealkylation sites (N-methyl/N-ethyl adjacent to an activating group) is 1. The van der Waals surface area contributed by atoms with E-state index in [1.54, 1.807) is 14.1 Å². The maximum Gasteiger partial charge on any atom is 0.213 e. The third-order valence-electron chi connectivity index (χ3n) is 3.03. The van der Waals surface area contributed by atoms with Gasteiger partial charge in [-0.25, -0.2) is 12.7 Å². The molecule has 18 heavy (non-hydrogen) atoms. The number of sulfonamides is 1. The molecule has 0 bridgehead atoms. The summed E-state index contributed by atoms with van der Waals surface area (Å²) in [5.74, 6) is 0.193. The highest BCUT2D eigenvalue weighted by molar-refractivity contribution is 7.89. The van der Waals surface area contributed by atoms with Crippen molar-refractivity contribution in [2.24, 2.45) is 0 Å². The molecule has 1 saturated heterocycles. The van der Waals surface area contributed by atoms with E-state index in [9.17, 15) is 8.42 Å². The highest BCUT2D eigenvalue weighted by atomic mass is 32.2. The lowest BCUT2D eigenvalue weighted by atomic mass is 10.3. The SMILES string of the molecule is CN1CCO[C@@H](CNCCCS(=O)(=O)N(C)C)C1. The van der Waals surface area contributed by atoms with Crippen LogP contribution < -0.4 is 5.32 Å². The van der Waals surface area contributed by atoms with Crippen molar-refractivity contribution in [3.05, 3.63) is 0 Å². The molecule has 0 amide bonds. The van der Waals surface area contributed by atoms with Crippen molar-refractivity contribution in [3.8, 4) is 0 Å². The summed E-state index contributed by atoms with van der Waals surface area (Å²) in [4.78, 5) is 2.24. The largest absolute Gasteiger partial charge is 0.374 e. The van der Waals surface area contributed by atoms with Crippen LogP contribution in [0.3, 0.4) is 0 Å². The number of rotatable bonds is 7. The van der Waals surface area contributed by atoms with E-state index in [1.165, 1.54) is 4.31 Å². The molecule has 7 heteroatoms. The Bertz CT molecular complexity index is 332. The second kappa shape index (κ2) is 7.40. The first kappa shape index (κ1) is 15.8. The summed E-state index contributed by atoms with van der Waals surface area (Å²) in [6.07, 6.45) is 0.845. The van der Waals surface area contributed by atoms with Crippen molar-refractivity contribution < 1.29 is 13.2 Å². The molecule has 1 heterocycles. The van der Waals surface area contributed by atoms with Gasteiger partial charge in [-0.3, -0.25) is 0 Å². The van der Waals surface area contributed by atoms with Crippen LogP contribution in [-0.4, -0.2) is 83.4 Å². The van der Waals surface area contributed by atoms with E-state index in [0.717, 1.165) is 26.2 Å². The third-order valence-corrected chi connectivity index (χ3v) is 4.94. The lowest BCUT2D eigenvalue weighted by Gasteiger charge is -2.30. The summed E-state index contributed by atoms with van der Waals surface area (Å²) in [6.45, 7) is 4.18. The van der Waals surface area contributed by atoms with Crippen LogP contribution in [0.25, 0.3) is 0 Å². The van der Waals surface area contributed by atoms with Gasteiger partial charge >= 0.3 is 0 Å². The second-order valence-corrected chi connectivity index (χ2v) is 7.21. The molecule has 6 nitrogen and oxygen atoms in total. The highest BCUT2D eigenvalue weighted by Crippen LogP contribution is 2.01. The van der Waals surface area contributed by atoms with Gasteiger partial charge in [0.2, 0.25) is 10.0 Å². The summed E-state index contributed by atoms with van der Waals surface area (Å²) in [5, 5.41) is 3.25. The van der Waals surface area contributed by atoms with Gasteiger partial charge in [0.1, 0.15) is 0 Å². The molecule has 1 aliphatic heterocycles. The van der Waals surface area contributed by atoms with Crippen LogP contribution in [0.5, 0.6) is 0 Å². The molecule has 0 radical (unpaired) electrons. The fourth-order valence-electron chi connectivity index (χ4n) is 1.82. The van der Waals surface area contributed by atoms with E-state index in [4.69, 9.17) is 4.74 Å². The lowest BCUT2D eigenvalue weighted by Crippen LogP contribution is -2.45. The van der Waals surface area contributed by atoms with Crippen molar-refractivity contribution >= 4 is 10.0 Å². The molecular formula is C11H25N3O3S. The number of nitrogens with one attached hydrogen (secondary N) is 1. The highest BCUT2D eigenvalue weighted by Gasteiger charge is 2.17. The zero-order chi connectivity index (χ0) is 13.6. The van der Waals surface area contributed by atoms with Gasteiger partial charge in [0.25, 0.3) is 0 Å². The number of nitrogens with zero attached hydrogens (tertiary/aromatic N) is 2. The second-order valence-electron chi connectivity index (χ2n) is 4.91. The van der Waals surface area contributed by atoms with Crippen LogP contribution in [0.2, 0.25) is 0 Å². The molecule has 1 N–H and O–H groups in total. The van der Waals surface area contributed by atoms with Crippen LogP contribution >= 0.6 is 0 Å². The van der Waals surface area contributed by atoms with Crippen molar-refractivity contribution in [2.75, 3.05) is 59.7 Å². The van der Waals surface area contributed by atoms with E-state index in [-0.39, 0.29) is 11.9 Å². The zero-order valence-corrected chi connectivity index (χ0v) is 12.4. The molecular weight excluding hydrogens is 254 g/mol. The zero-order valence-electron chi connectivity index (χ0n) is 11.6. The van der Waals surface area contributed by atoms with Crippen LogP contribution in [-0.2, 0) is 14.8 Å². The van der Waals surface area contributed by atoms with Gasteiger partial charge < -0.3 is 15.0 Å². The Morgan fingerprint density at radius 1 is 1.44 bits per heavy atom. The predicted octanol–water partition coefficient (Wildman–Crippen LogP) is -0.812. The molecule has 0 saturated carbocycles. The Balaban J connectivity index is 2.08. The third kappa shape index (κ3) is 5.62. The van der Waals surface area contributed by atoms with Crippen molar-refractivity contribution in [1.29, 1.82) is 0 Å². The van der Waals surface area contributed by atoms with Gasteiger partial charge in [0, 0.05) is 33.7 Å². The van der Waals surface area contributed by atoms with Crippen molar-refractivity contribution in [1.82, 2.24) is 14.5 Å². The standard InChI is InChI=1S/C11H25N3O3S/c1-13(2)18(15,16)8-4-5-12-9-11-10-14(3)6-7-17-11/h11-12H,4-10H2,1-3H3/t11-/m0/s1. The van der Waals surface area contributed by atoms with Gasteiger partial charge in [-0.15, -0.1) is 0 Å². The first-order valence-electron chi connectivity index (χ1n) is 6.33. The fourth-order valence-corrected chi connectivity index (χ4v) is 2.69. The van der Waals surface area contributed by atoms with E-state index in [0.29, 0.717) is 13.0 Å². The minimum atomic E-state index is -3.06. The summed E-state index contributed by atoms with van der Waals surface area (Å²) in [7, 11) is 2.15. The summed E-state index contributed by atoms with van der Waals surface area (Å²) >= 11 is 0. The minimum Gasteiger partial charge on any atom is -0.374 e. The molecule has 1 fully saturated rings. The van der Waals surface area contributed by atoms with Crippen LogP contribution in [0.1, 0.15) is 6.42 Å². The van der Waals surface area contributed by atoms with Gasteiger partial charge in [0.05, 0.1) is 18.5 Å². The van der Waals surface area contributed by atoms with Gasteiger partial charge in [-0.05, 0) is 20.0 Å². The Morgan fingerprint density at radius 3 is 2.78 bits per heavy atom. The Hall–Kier alpha value is -0.210. The van der Waals surface area contributed by atoms with E-state index in [1.807, 2.05) is 0 Å². The average Bonchev–Trinajstić information content (AvgIpc) is 2.28. The van der Waals surface area contributed by atoms with Crippen molar-refractivity contribution in [2.45, 2.75) is 12.5 Å². The molecule has 0 aliphatic carbocycles. The smallest absolute Gasteiger partial charge is 0.213 e. The predicted molar refractivity (Wildman–Crippen MR) is 72.2 cm³/mol. The first-order chi connectivity index (χ1) is 8.42. The Morgan fingerprint density at radius 2 is 2.17 bits per heavy atom. The summed E-state index contributed by atoms with van der Waals surface area (Å²) < 4.78 is 29.9. The molecule has 0 spiro atoms.